The summed E-state index contributed by atoms with van der Waals surface area (Å²) in [5, 5.41) is 15.6. The number of pyridine rings is 1. The summed E-state index contributed by atoms with van der Waals surface area (Å²) in [6.07, 6.45) is 6.56. The van der Waals surface area contributed by atoms with E-state index in [4.69, 9.17) is 9.47 Å². The predicted molar refractivity (Wildman–Crippen MR) is 140 cm³/mol. The first-order chi connectivity index (χ1) is 18.0. The van der Waals surface area contributed by atoms with E-state index in [0.717, 1.165) is 31.7 Å². The van der Waals surface area contributed by atoms with Gasteiger partial charge in [-0.05, 0) is 18.6 Å². The van der Waals surface area contributed by atoms with Crippen molar-refractivity contribution in [3.05, 3.63) is 54.6 Å². The van der Waals surface area contributed by atoms with E-state index in [2.05, 4.69) is 30.8 Å². The molecule has 0 amide bonds. The summed E-state index contributed by atoms with van der Waals surface area (Å²) in [5.41, 5.74) is 2.51. The van der Waals surface area contributed by atoms with Crippen molar-refractivity contribution in [2.45, 2.75) is 26.3 Å². The second-order valence-corrected chi connectivity index (χ2v) is 8.92. The minimum Gasteiger partial charge on any atom is -0.494 e. The number of ketones is 1. The van der Waals surface area contributed by atoms with Crippen LogP contribution in [0.4, 0.5) is 23.0 Å². The number of aromatic nitrogens is 6. The predicted octanol–water partition coefficient (Wildman–Crippen LogP) is 4.20. The van der Waals surface area contributed by atoms with E-state index in [1.54, 1.807) is 30.4 Å². The fourth-order valence-corrected chi connectivity index (χ4v) is 4.33. The van der Waals surface area contributed by atoms with Crippen molar-refractivity contribution in [2.24, 2.45) is 13.0 Å². The molecule has 0 radical (unpaired) electrons. The highest BCUT2D eigenvalue weighted by Crippen LogP contribution is 2.37. The monoisotopic (exact) mass is 502 g/mol. The molecule has 2 N–H and O–H groups in total. The van der Waals surface area contributed by atoms with Crippen LogP contribution >= 0.6 is 0 Å². The van der Waals surface area contributed by atoms with E-state index >= 15 is 0 Å². The molecule has 1 aliphatic rings. The van der Waals surface area contributed by atoms with Gasteiger partial charge in [0.1, 0.15) is 12.1 Å². The number of aryl methyl sites for hydroxylation is 1. The van der Waals surface area contributed by atoms with E-state index in [0.29, 0.717) is 52.5 Å². The molecule has 11 nitrogen and oxygen atoms in total. The lowest BCUT2D eigenvalue weighted by molar-refractivity contribution is 0.0988. The summed E-state index contributed by atoms with van der Waals surface area (Å²) in [6.45, 7) is 4.22. The standard InChI is InChI=1S/C26H30N8O3/c1-4-22(35)19-13-27-24(30-23-8-10-34(31-23)14-17-9-11-37-15-17)12-21(19)29-20-7-5-6-18(25(20)36-3)26-28-16-33(2)32-26/h5-8,10,12-13,16-17H,4,9,11,14-15H2,1-3H3,(H2,27,29,30,31). The summed E-state index contributed by atoms with van der Waals surface area (Å²) in [4.78, 5) is 21.6. The van der Waals surface area contributed by atoms with Gasteiger partial charge in [-0.1, -0.05) is 13.0 Å². The first-order valence-corrected chi connectivity index (χ1v) is 12.3. The third-order valence-electron chi connectivity index (χ3n) is 6.22. The van der Waals surface area contributed by atoms with E-state index in [1.807, 2.05) is 49.1 Å². The van der Waals surface area contributed by atoms with Gasteiger partial charge in [-0.2, -0.15) is 10.2 Å². The molecule has 1 aliphatic heterocycles. The van der Waals surface area contributed by atoms with Crippen LogP contribution in [0.1, 0.15) is 30.1 Å². The average molecular weight is 503 g/mol. The Labute approximate surface area is 214 Å². The fourth-order valence-electron chi connectivity index (χ4n) is 4.33. The minimum atomic E-state index is -0.0221. The van der Waals surface area contributed by atoms with Crippen LogP contribution in [0.2, 0.25) is 0 Å². The zero-order valence-corrected chi connectivity index (χ0v) is 21.1. The van der Waals surface area contributed by atoms with Gasteiger partial charge in [-0.25, -0.2) is 9.97 Å². The van der Waals surface area contributed by atoms with E-state index in [-0.39, 0.29) is 5.78 Å². The molecule has 0 spiro atoms. The molecule has 192 valence electrons. The number of Topliss-reactive ketones (excluding diaryl/α,β-unsaturated/α-hetero) is 1. The van der Waals surface area contributed by atoms with Crippen molar-refractivity contribution in [1.82, 2.24) is 29.5 Å². The van der Waals surface area contributed by atoms with Gasteiger partial charge >= 0.3 is 0 Å². The number of carbonyl (C=O) groups is 1. The second-order valence-electron chi connectivity index (χ2n) is 8.92. The number of methoxy groups -OCH3 is 1. The lowest BCUT2D eigenvalue weighted by atomic mass is 10.1. The average Bonchev–Trinajstić information content (AvgIpc) is 3.67. The first kappa shape index (κ1) is 24.4. The smallest absolute Gasteiger partial charge is 0.184 e. The Bertz CT molecular complexity index is 1390. The Morgan fingerprint density at radius 3 is 2.78 bits per heavy atom. The van der Waals surface area contributed by atoms with Gasteiger partial charge < -0.3 is 20.1 Å². The number of nitrogens with zero attached hydrogens (tertiary/aromatic N) is 6. The molecule has 0 bridgehead atoms. The molecule has 1 atom stereocenters. The maximum atomic E-state index is 12.7. The van der Waals surface area contributed by atoms with Crippen molar-refractivity contribution in [3.63, 3.8) is 0 Å². The molecule has 1 aromatic carbocycles. The van der Waals surface area contributed by atoms with Crippen molar-refractivity contribution < 1.29 is 14.3 Å². The highest BCUT2D eigenvalue weighted by atomic mass is 16.5. The molecule has 5 rings (SSSR count). The van der Waals surface area contributed by atoms with Crippen molar-refractivity contribution >= 4 is 28.8 Å². The Hall–Kier alpha value is -4.25. The van der Waals surface area contributed by atoms with Crippen molar-refractivity contribution in [2.75, 3.05) is 31.0 Å². The van der Waals surface area contributed by atoms with E-state index in [1.165, 1.54) is 0 Å². The molecule has 11 heteroatoms. The molecule has 1 saturated heterocycles. The summed E-state index contributed by atoms with van der Waals surface area (Å²) >= 11 is 0. The van der Waals surface area contributed by atoms with Crippen LogP contribution in [0.15, 0.2) is 49.1 Å². The highest BCUT2D eigenvalue weighted by molar-refractivity contribution is 6.02. The largest absolute Gasteiger partial charge is 0.494 e. The summed E-state index contributed by atoms with van der Waals surface area (Å²) in [6, 6.07) is 9.37. The minimum absolute atomic E-state index is 0.0221. The van der Waals surface area contributed by atoms with Gasteiger partial charge in [0.25, 0.3) is 0 Å². The van der Waals surface area contributed by atoms with Crippen LogP contribution in [0.5, 0.6) is 5.75 Å². The second kappa shape index (κ2) is 10.8. The molecule has 0 saturated carbocycles. The van der Waals surface area contributed by atoms with Gasteiger partial charge in [0.2, 0.25) is 0 Å². The van der Waals surface area contributed by atoms with Crippen molar-refractivity contribution in [1.29, 1.82) is 0 Å². The van der Waals surface area contributed by atoms with Gasteiger partial charge in [0.15, 0.2) is 23.2 Å². The number of nitrogens with one attached hydrogen (secondary N) is 2. The number of rotatable bonds is 10. The van der Waals surface area contributed by atoms with Crippen LogP contribution in [0, 0.1) is 5.92 Å². The number of hydrogen-bond acceptors (Lipinski definition) is 9. The molecule has 1 fully saturated rings. The summed E-state index contributed by atoms with van der Waals surface area (Å²) in [7, 11) is 3.41. The molecular weight excluding hydrogens is 472 g/mol. The third-order valence-corrected chi connectivity index (χ3v) is 6.22. The topological polar surface area (TPSA) is 121 Å². The molecule has 4 heterocycles. The Kier molecular flexibility index (Phi) is 7.13. The first-order valence-electron chi connectivity index (χ1n) is 12.3. The van der Waals surface area contributed by atoms with Crippen LogP contribution in [0.3, 0.4) is 0 Å². The molecule has 37 heavy (non-hydrogen) atoms. The lowest BCUT2D eigenvalue weighted by Crippen LogP contribution is -2.11. The molecule has 1 unspecified atom stereocenters. The molecule has 3 aromatic heterocycles. The molecule has 0 aliphatic carbocycles. The quantitative estimate of drug-likeness (QED) is 0.307. The van der Waals surface area contributed by atoms with Gasteiger partial charge in [-0.3, -0.25) is 14.2 Å². The summed E-state index contributed by atoms with van der Waals surface area (Å²) in [5.74, 6) is 2.81. The third kappa shape index (κ3) is 5.46. The Balaban J connectivity index is 1.42. The molecule has 4 aromatic rings. The Morgan fingerprint density at radius 2 is 2.05 bits per heavy atom. The van der Waals surface area contributed by atoms with E-state index < -0.39 is 0 Å². The van der Waals surface area contributed by atoms with E-state index in [9.17, 15) is 4.79 Å². The van der Waals surface area contributed by atoms with Crippen LogP contribution < -0.4 is 15.4 Å². The number of ether oxygens (including phenoxy) is 2. The van der Waals surface area contributed by atoms with Crippen LogP contribution in [-0.4, -0.2) is 55.6 Å². The van der Waals surface area contributed by atoms with Crippen LogP contribution in [-0.2, 0) is 18.3 Å². The maximum absolute atomic E-state index is 12.7. The fraction of sp³-hybridized carbons (Fsp3) is 0.346. The maximum Gasteiger partial charge on any atom is 0.184 e. The lowest BCUT2D eigenvalue weighted by Gasteiger charge is -2.16. The molecular formula is C26H30N8O3. The number of anilines is 4. The zero-order valence-electron chi connectivity index (χ0n) is 21.1. The van der Waals surface area contributed by atoms with Gasteiger partial charge in [-0.15, -0.1) is 0 Å². The SMILES string of the molecule is CCC(=O)c1cnc(Nc2ccn(CC3CCOC3)n2)cc1Nc1cccc(-c2ncn(C)n2)c1OC. The van der Waals surface area contributed by atoms with Gasteiger partial charge in [0.05, 0.1) is 36.2 Å². The Morgan fingerprint density at radius 1 is 1.16 bits per heavy atom. The number of carbonyl (C=O) groups excluding carboxylic acids is 1. The number of benzene rings is 1. The number of hydrogen-bond donors (Lipinski definition) is 2. The van der Waals surface area contributed by atoms with Gasteiger partial charge in [0, 0.05) is 57.1 Å². The zero-order chi connectivity index (χ0) is 25.8. The normalized spacial score (nSPS) is 15.1. The van der Waals surface area contributed by atoms with Crippen LogP contribution in [0.25, 0.3) is 11.4 Å². The number of para-hydroxylation sites is 1. The van der Waals surface area contributed by atoms with Crippen molar-refractivity contribution in [3.8, 4) is 17.1 Å². The summed E-state index contributed by atoms with van der Waals surface area (Å²) < 4.78 is 14.7. The highest BCUT2D eigenvalue weighted by Gasteiger charge is 2.19.